The van der Waals surface area contributed by atoms with Crippen molar-refractivity contribution in [3.05, 3.63) is 72.8 Å². The molecule has 0 atom stereocenters. The van der Waals surface area contributed by atoms with Gasteiger partial charge >= 0.3 is 0 Å². The molecule has 0 saturated heterocycles. The Hall–Kier alpha value is -2.94. The number of ether oxygens (including phenoxy) is 2. The number of benzene rings is 3. The van der Waals surface area contributed by atoms with E-state index in [4.69, 9.17) is 9.47 Å². The maximum Gasteiger partial charge on any atom is 0.135 e. The van der Waals surface area contributed by atoms with Gasteiger partial charge in [-0.2, -0.15) is 0 Å². The summed E-state index contributed by atoms with van der Waals surface area (Å²) in [7, 11) is 0. The lowest BCUT2D eigenvalue weighted by atomic mass is 10.0. The molecular formula is C21H20O3. The largest absolute Gasteiger partial charge is 0.508 e. The van der Waals surface area contributed by atoms with Crippen LogP contribution in [0.25, 0.3) is 11.1 Å². The van der Waals surface area contributed by atoms with Gasteiger partial charge in [0, 0.05) is 11.6 Å². The van der Waals surface area contributed by atoms with Crippen LogP contribution in [-0.4, -0.2) is 11.2 Å². The smallest absolute Gasteiger partial charge is 0.135 e. The van der Waals surface area contributed by atoms with E-state index in [9.17, 15) is 5.11 Å². The van der Waals surface area contributed by atoms with Gasteiger partial charge in [-0.25, -0.2) is 0 Å². The highest BCUT2D eigenvalue weighted by atomic mass is 16.5. The topological polar surface area (TPSA) is 38.7 Å². The van der Waals surface area contributed by atoms with Gasteiger partial charge in [0.1, 0.15) is 23.0 Å². The van der Waals surface area contributed by atoms with Gasteiger partial charge in [-0.3, -0.25) is 0 Å². The summed E-state index contributed by atoms with van der Waals surface area (Å²) in [6.45, 7) is 3.99. The van der Waals surface area contributed by atoms with Gasteiger partial charge in [-0.15, -0.1) is 0 Å². The van der Waals surface area contributed by atoms with Crippen LogP contribution < -0.4 is 9.47 Å². The zero-order chi connectivity index (χ0) is 16.9. The first-order chi connectivity index (χ1) is 11.6. The molecule has 3 rings (SSSR count). The molecule has 0 fully saturated rings. The molecular weight excluding hydrogens is 300 g/mol. The average molecular weight is 320 g/mol. The third kappa shape index (κ3) is 3.87. The second-order valence-corrected chi connectivity index (χ2v) is 5.79. The molecule has 0 aromatic heterocycles. The first-order valence-corrected chi connectivity index (χ1v) is 7.95. The summed E-state index contributed by atoms with van der Waals surface area (Å²) in [4.78, 5) is 0. The first-order valence-electron chi connectivity index (χ1n) is 7.95. The minimum Gasteiger partial charge on any atom is -0.508 e. The Balaban J connectivity index is 1.90. The Kier molecular flexibility index (Phi) is 4.71. The van der Waals surface area contributed by atoms with Gasteiger partial charge in [0.2, 0.25) is 0 Å². The van der Waals surface area contributed by atoms with Crippen LogP contribution in [0.4, 0.5) is 0 Å². The molecule has 1 N–H and O–H groups in total. The van der Waals surface area contributed by atoms with Crippen LogP contribution >= 0.6 is 0 Å². The van der Waals surface area contributed by atoms with Gasteiger partial charge < -0.3 is 14.6 Å². The average Bonchev–Trinajstić information content (AvgIpc) is 2.56. The van der Waals surface area contributed by atoms with Gasteiger partial charge in [0.15, 0.2) is 0 Å². The Labute approximate surface area is 142 Å². The van der Waals surface area contributed by atoms with E-state index in [1.165, 1.54) is 0 Å². The van der Waals surface area contributed by atoms with E-state index in [0.29, 0.717) is 0 Å². The van der Waals surface area contributed by atoms with Crippen molar-refractivity contribution in [2.75, 3.05) is 0 Å². The minimum atomic E-state index is 0.115. The van der Waals surface area contributed by atoms with E-state index in [1.807, 2.05) is 74.5 Å². The van der Waals surface area contributed by atoms with Gasteiger partial charge in [0.25, 0.3) is 0 Å². The SMILES string of the molecule is CC(C)Oc1cccc(Oc2ccccc2-c2ccc(O)cc2)c1. The van der Waals surface area contributed by atoms with Crippen molar-refractivity contribution in [1.82, 2.24) is 0 Å². The zero-order valence-electron chi connectivity index (χ0n) is 13.8. The fraction of sp³-hybridized carbons (Fsp3) is 0.143. The normalized spacial score (nSPS) is 10.6. The lowest BCUT2D eigenvalue weighted by molar-refractivity contribution is 0.241. The Morgan fingerprint density at radius 1 is 0.792 bits per heavy atom. The van der Waals surface area contributed by atoms with E-state index in [-0.39, 0.29) is 11.9 Å². The lowest BCUT2D eigenvalue weighted by Crippen LogP contribution is -2.05. The number of hydrogen-bond donors (Lipinski definition) is 1. The van der Waals surface area contributed by atoms with Crippen molar-refractivity contribution < 1.29 is 14.6 Å². The fourth-order valence-electron chi connectivity index (χ4n) is 2.45. The van der Waals surface area contributed by atoms with Crippen LogP contribution in [0.15, 0.2) is 72.8 Å². The van der Waals surface area contributed by atoms with Gasteiger partial charge in [-0.05, 0) is 49.7 Å². The van der Waals surface area contributed by atoms with Crippen LogP contribution in [0.5, 0.6) is 23.0 Å². The van der Waals surface area contributed by atoms with Crippen molar-refractivity contribution in [3.8, 4) is 34.1 Å². The number of para-hydroxylation sites is 1. The second kappa shape index (κ2) is 7.09. The molecule has 0 saturated carbocycles. The van der Waals surface area contributed by atoms with Gasteiger partial charge in [0.05, 0.1) is 6.10 Å². The second-order valence-electron chi connectivity index (χ2n) is 5.79. The molecule has 0 amide bonds. The molecule has 0 aliphatic heterocycles. The van der Waals surface area contributed by atoms with Crippen LogP contribution in [0.3, 0.4) is 0 Å². The van der Waals surface area contributed by atoms with Crippen molar-refractivity contribution >= 4 is 0 Å². The molecule has 0 spiro atoms. The third-order valence-corrected chi connectivity index (χ3v) is 3.47. The molecule has 0 aliphatic rings. The molecule has 3 aromatic rings. The predicted octanol–water partition coefficient (Wildman–Crippen LogP) is 5.64. The lowest BCUT2D eigenvalue weighted by Gasteiger charge is -2.14. The number of aromatic hydroxyl groups is 1. The van der Waals surface area contributed by atoms with E-state index in [2.05, 4.69) is 0 Å². The van der Waals surface area contributed by atoms with Crippen molar-refractivity contribution in [2.24, 2.45) is 0 Å². The predicted molar refractivity (Wildman–Crippen MR) is 95.8 cm³/mol. The van der Waals surface area contributed by atoms with Crippen molar-refractivity contribution in [3.63, 3.8) is 0 Å². The number of rotatable bonds is 5. The third-order valence-electron chi connectivity index (χ3n) is 3.47. The number of phenolic OH excluding ortho intramolecular Hbond substituents is 1. The highest BCUT2D eigenvalue weighted by molar-refractivity contribution is 5.71. The van der Waals surface area contributed by atoms with Crippen LogP contribution in [-0.2, 0) is 0 Å². The van der Waals surface area contributed by atoms with E-state index in [1.54, 1.807) is 12.1 Å². The maximum absolute atomic E-state index is 9.47. The summed E-state index contributed by atoms with van der Waals surface area (Å²) in [5.74, 6) is 2.50. The molecule has 122 valence electrons. The Morgan fingerprint density at radius 2 is 1.50 bits per heavy atom. The molecule has 0 bridgehead atoms. The highest BCUT2D eigenvalue weighted by Crippen LogP contribution is 2.34. The molecule has 24 heavy (non-hydrogen) atoms. The van der Waals surface area contributed by atoms with Crippen LogP contribution in [0.2, 0.25) is 0 Å². The van der Waals surface area contributed by atoms with Crippen molar-refractivity contribution in [1.29, 1.82) is 0 Å². The molecule has 0 aliphatic carbocycles. The number of phenols is 1. The maximum atomic E-state index is 9.47. The molecule has 0 heterocycles. The van der Waals surface area contributed by atoms with Crippen LogP contribution in [0, 0.1) is 0 Å². The summed E-state index contributed by atoms with van der Waals surface area (Å²) in [6, 6.07) is 22.5. The summed E-state index contributed by atoms with van der Waals surface area (Å²) in [5, 5.41) is 9.47. The monoisotopic (exact) mass is 320 g/mol. The van der Waals surface area contributed by atoms with E-state index >= 15 is 0 Å². The quantitative estimate of drug-likeness (QED) is 0.661. The van der Waals surface area contributed by atoms with E-state index < -0.39 is 0 Å². The van der Waals surface area contributed by atoms with E-state index in [0.717, 1.165) is 28.4 Å². The Bertz CT molecular complexity index is 807. The zero-order valence-corrected chi connectivity index (χ0v) is 13.8. The minimum absolute atomic E-state index is 0.115. The molecule has 3 heteroatoms. The highest BCUT2D eigenvalue weighted by Gasteiger charge is 2.08. The summed E-state index contributed by atoms with van der Waals surface area (Å²) < 4.78 is 11.8. The molecule has 3 nitrogen and oxygen atoms in total. The molecule has 3 aromatic carbocycles. The molecule has 0 unspecified atom stereocenters. The standard InChI is InChI=1S/C21H20O3/c1-15(2)23-18-6-5-7-19(14-18)24-21-9-4-3-8-20(21)16-10-12-17(22)13-11-16/h3-15,22H,1-2H3. The van der Waals surface area contributed by atoms with Crippen LogP contribution in [0.1, 0.15) is 13.8 Å². The summed E-state index contributed by atoms with van der Waals surface area (Å²) in [6.07, 6.45) is 0.115. The van der Waals surface area contributed by atoms with Gasteiger partial charge in [-0.1, -0.05) is 36.4 Å². The fourth-order valence-corrected chi connectivity index (χ4v) is 2.45. The first kappa shape index (κ1) is 15.9. The van der Waals surface area contributed by atoms with Crippen molar-refractivity contribution in [2.45, 2.75) is 20.0 Å². The summed E-state index contributed by atoms with van der Waals surface area (Å²) >= 11 is 0. The summed E-state index contributed by atoms with van der Waals surface area (Å²) in [5.41, 5.74) is 1.95. The molecule has 0 radical (unpaired) electrons. The Morgan fingerprint density at radius 3 is 2.25 bits per heavy atom. The number of hydrogen-bond acceptors (Lipinski definition) is 3.